The highest BCUT2D eigenvalue weighted by molar-refractivity contribution is 5.79. The highest BCUT2D eigenvalue weighted by atomic mass is 16.5. The predicted molar refractivity (Wildman–Crippen MR) is 124 cm³/mol. The van der Waals surface area contributed by atoms with Gasteiger partial charge in [-0.05, 0) is 35.2 Å². The van der Waals surface area contributed by atoms with Crippen molar-refractivity contribution in [2.75, 3.05) is 54.1 Å². The molecule has 1 aliphatic heterocycles. The van der Waals surface area contributed by atoms with Crippen LogP contribution in [0, 0.1) is 0 Å². The lowest BCUT2D eigenvalue weighted by Crippen LogP contribution is -2.38. The molecule has 0 amide bonds. The lowest BCUT2D eigenvalue weighted by molar-refractivity contribution is 0.0342. The Morgan fingerprint density at radius 3 is 2.48 bits per heavy atom. The smallest absolute Gasteiger partial charge is 0.191 e. The van der Waals surface area contributed by atoms with Crippen molar-refractivity contribution >= 4 is 5.96 Å². The van der Waals surface area contributed by atoms with Gasteiger partial charge in [0.2, 0.25) is 0 Å². The minimum absolute atomic E-state index is 0.729. The Bertz CT molecular complexity index is 850. The Labute approximate surface area is 185 Å². The van der Waals surface area contributed by atoms with Gasteiger partial charge in [0, 0.05) is 39.8 Å². The van der Waals surface area contributed by atoms with Crippen molar-refractivity contribution in [3.63, 3.8) is 0 Å². The van der Waals surface area contributed by atoms with Crippen LogP contribution in [-0.2, 0) is 24.2 Å². The van der Waals surface area contributed by atoms with E-state index in [2.05, 4.69) is 50.9 Å². The molecule has 0 unspecified atom stereocenters. The number of hydrogen-bond donors (Lipinski definition) is 2. The largest absolute Gasteiger partial charge is 0.493 e. The maximum absolute atomic E-state index is 5.44. The van der Waals surface area contributed by atoms with Crippen LogP contribution in [0.15, 0.2) is 47.5 Å². The van der Waals surface area contributed by atoms with Crippen LogP contribution in [0.5, 0.6) is 11.5 Å². The van der Waals surface area contributed by atoms with Crippen molar-refractivity contribution in [3.8, 4) is 11.5 Å². The average molecular weight is 427 g/mol. The summed E-state index contributed by atoms with van der Waals surface area (Å²) in [4.78, 5) is 6.77. The first-order chi connectivity index (χ1) is 15.2. The molecule has 0 aromatic heterocycles. The maximum Gasteiger partial charge on any atom is 0.191 e. The van der Waals surface area contributed by atoms with E-state index < -0.39 is 0 Å². The molecule has 0 spiro atoms. The molecule has 7 heteroatoms. The minimum Gasteiger partial charge on any atom is -0.493 e. The molecule has 2 N–H and O–H groups in total. The SMILES string of the molecule is CN=C(NCCc1ccc(OC)c(OC)c1)NCc1cccc(CN2CCOCC2)c1. The van der Waals surface area contributed by atoms with Crippen molar-refractivity contribution in [3.05, 3.63) is 59.2 Å². The van der Waals surface area contributed by atoms with Gasteiger partial charge in [-0.2, -0.15) is 0 Å². The molecule has 0 saturated carbocycles. The molecule has 2 aromatic carbocycles. The summed E-state index contributed by atoms with van der Waals surface area (Å²) in [6.07, 6.45) is 0.857. The molecule has 1 saturated heterocycles. The second-order valence-electron chi connectivity index (χ2n) is 7.50. The van der Waals surface area contributed by atoms with E-state index in [1.165, 1.54) is 16.7 Å². The lowest BCUT2D eigenvalue weighted by Gasteiger charge is -2.26. The average Bonchev–Trinajstić information content (AvgIpc) is 2.82. The van der Waals surface area contributed by atoms with Crippen molar-refractivity contribution in [1.29, 1.82) is 0 Å². The van der Waals surface area contributed by atoms with Crippen molar-refractivity contribution in [1.82, 2.24) is 15.5 Å². The Hall–Kier alpha value is -2.77. The Balaban J connectivity index is 1.45. The third-order valence-electron chi connectivity index (χ3n) is 5.34. The number of hydrogen-bond acceptors (Lipinski definition) is 5. The number of morpholine rings is 1. The molecule has 168 valence electrons. The second kappa shape index (κ2) is 12.2. The number of ether oxygens (including phenoxy) is 3. The monoisotopic (exact) mass is 426 g/mol. The van der Waals surface area contributed by atoms with E-state index in [0.29, 0.717) is 0 Å². The zero-order chi connectivity index (χ0) is 21.9. The van der Waals surface area contributed by atoms with E-state index in [0.717, 1.165) is 69.8 Å². The van der Waals surface area contributed by atoms with Gasteiger partial charge >= 0.3 is 0 Å². The summed E-state index contributed by atoms with van der Waals surface area (Å²) in [5.74, 6) is 2.28. The summed E-state index contributed by atoms with van der Waals surface area (Å²) < 4.78 is 16.1. The molecule has 3 rings (SSSR count). The van der Waals surface area contributed by atoms with Crippen LogP contribution >= 0.6 is 0 Å². The maximum atomic E-state index is 5.44. The van der Waals surface area contributed by atoms with Gasteiger partial charge in [0.15, 0.2) is 17.5 Å². The van der Waals surface area contributed by atoms with Crippen LogP contribution in [0.3, 0.4) is 0 Å². The van der Waals surface area contributed by atoms with Crippen LogP contribution in [-0.4, -0.2) is 65.0 Å². The van der Waals surface area contributed by atoms with E-state index in [1.54, 1.807) is 21.3 Å². The highest BCUT2D eigenvalue weighted by Gasteiger charge is 2.11. The number of methoxy groups -OCH3 is 2. The fraction of sp³-hybridized carbons (Fsp3) is 0.458. The van der Waals surface area contributed by atoms with E-state index in [1.807, 2.05) is 12.1 Å². The zero-order valence-electron chi connectivity index (χ0n) is 18.8. The van der Waals surface area contributed by atoms with Crippen LogP contribution < -0.4 is 20.1 Å². The molecule has 0 bridgehead atoms. The zero-order valence-corrected chi connectivity index (χ0v) is 18.8. The normalized spacial score (nSPS) is 14.9. The molecule has 1 fully saturated rings. The first-order valence-electron chi connectivity index (χ1n) is 10.7. The van der Waals surface area contributed by atoms with Gasteiger partial charge in [0.05, 0.1) is 27.4 Å². The number of guanidine groups is 1. The van der Waals surface area contributed by atoms with E-state index >= 15 is 0 Å². The van der Waals surface area contributed by atoms with Crippen molar-refractivity contribution < 1.29 is 14.2 Å². The molecule has 31 heavy (non-hydrogen) atoms. The lowest BCUT2D eigenvalue weighted by atomic mass is 10.1. The van der Waals surface area contributed by atoms with Crippen LogP contribution in [0.2, 0.25) is 0 Å². The third-order valence-corrected chi connectivity index (χ3v) is 5.34. The van der Waals surface area contributed by atoms with Gasteiger partial charge in [0.1, 0.15) is 0 Å². The molecule has 0 atom stereocenters. The van der Waals surface area contributed by atoms with Gasteiger partial charge in [-0.15, -0.1) is 0 Å². The molecule has 2 aromatic rings. The highest BCUT2D eigenvalue weighted by Crippen LogP contribution is 2.27. The van der Waals surface area contributed by atoms with Crippen molar-refractivity contribution in [2.24, 2.45) is 4.99 Å². The summed E-state index contributed by atoms with van der Waals surface area (Å²) in [5, 5.41) is 6.78. The van der Waals surface area contributed by atoms with E-state index in [-0.39, 0.29) is 0 Å². The Kier molecular flexibility index (Phi) is 8.99. The summed E-state index contributed by atoms with van der Waals surface area (Å²) in [7, 11) is 5.09. The van der Waals surface area contributed by atoms with Gasteiger partial charge in [-0.3, -0.25) is 9.89 Å². The molecule has 1 aliphatic rings. The van der Waals surface area contributed by atoms with Crippen LogP contribution in [0.1, 0.15) is 16.7 Å². The van der Waals surface area contributed by atoms with Crippen LogP contribution in [0.4, 0.5) is 0 Å². The van der Waals surface area contributed by atoms with Gasteiger partial charge in [-0.1, -0.05) is 30.3 Å². The van der Waals surface area contributed by atoms with Crippen molar-refractivity contribution in [2.45, 2.75) is 19.5 Å². The quantitative estimate of drug-likeness (QED) is 0.474. The van der Waals surface area contributed by atoms with Crippen LogP contribution in [0.25, 0.3) is 0 Å². The van der Waals surface area contributed by atoms with Gasteiger partial charge in [-0.25, -0.2) is 0 Å². The van der Waals surface area contributed by atoms with Gasteiger partial charge in [0.25, 0.3) is 0 Å². The fourth-order valence-corrected chi connectivity index (χ4v) is 3.62. The first kappa shape index (κ1) is 22.9. The van der Waals surface area contributed by atoms with E-state index in [9.17, 15) is 0 Å². The topological polar surface area (TPSA) is 67.4 Å². The number of rotatable bonds is 9. The molecular weight excluding hydrogens is 392 g/mol. The Morgan fingerprint density at radius 2 is 1.74 bits per heavy atom. The Morgan fingerprint density at radius 1 is 0.968 bits per heavy atom. The number of nitrogens with zero attached hydrogens (tertiary/aromatic N) is 2. The van der Waals surface area contributed by atoms with Gasteiger partial charge < -0.3 is 24.8 Å². The third kappa shape index (κ3) is 7.15. The number of nitrogens with one attached hydrogen (secondary N) is 2. The summed E-state index contributed by atoms with van der Waals surface area (Å²) in [6, 6.07) is 14.7. The molecule has 0 aliphatic carbocycles. The molecule has 7 nitrogen and oxygen atoms in total. The second-order valence-corrected chi connectivity index (χ2v) is 7.50. The first-order valence-corrected chi connectivity index (χ1v) is 10.7. The molecular formula is C24H34N4O3. The minimum atomic E-state index is 0.729. The number of benzene rings is 2. The fourth-order valence-electron chi connectivity index (χ4n) is 3.62. The summed E-state index contributed by atoms with van der Waals surface area (Å²) in [5.41, 5.74) is 3.75. The summed E-state index contributed by atoms with van der Waals surface area (Å²) in [6.45, 7) is 6.12. The molecule has 1 heterocycles. The summed E-state index contributed by atoms with van der Waals surface area (Å²) >= 11 is 0. The predicted octanol–water partition coefficient (Wildman–Crippen LogP) is 2.44. The molecule has 0 radical (unpaired) electrons. The number of aliphatic imine (C=N–C) groups is 1. The standard InChI is InChI=1S/C24H34N4O3/c1-25-24(26-10-9-19-7-8-22(29-2)23(16-19)30-3)27-17-20-5-4-6-21(15-20)18-28-11-13-31-14-12-28/h4-8,15-16H,9-14,17-18H2,1-3H3,(H2,25,26,27). The van der Waals surface area contributed by atoms with E-state index in [4.69, 9.17) is 14.2 Å².